The first-order valence-electron chi connectivity index (χ1n) is 10.1. The number of amides is 2. The Bertz CT molecular complexity index is 1060. The summed E-state index contributed by atoms with van der Waals surface area (Å²) in [6.45, 7) is 2.50. The monoisotopic (exact) mass is 450 g/mol. The molecule has 0 radical (unpaired) electrons. The average molecular weight is 451 g/mol. The molecule has 4 nitrogen and oxygen atoms in total. The normalized spacial score (nSPS) is 16.9. The lowest BCUT2D eigenvalue weighted by atomic mass is 10.1. The molecule has 0 bridgehead atoms. The summed E-state index contributed by atoms with van der Waals surface area (Å²) in [7, 11) is 0. The quantitative estimate of drug-likeness (QED) is 0.531. The summed E-state index contributed by atoms with van der Waals surface area (Å²) in [6.07, 6.45) is 0. The van der Waals surface area contributed by atoms with Crippen LogP contribution >= 0.6 is 23.4 Å². The van der Waals surface area contributed by atoms with Gasteiger partial charge in [0.1, 0.15) is 5.37 Å². The highest BCUT2D eigenvalue weighted by Gasteiger charge is 2.32. The van der Waals surface area contributed by atoms with Crippen LogP contribution in [0.2, 0.25) is 5.02 Å². The summed E-state index contributed by atoms with van der Waals surface area (Å²) < 4.78 is 0. The summed E-state index contributed by atoms with van der Waals surface area (Å²) in [5.74, 6) is 0.453. The van der Waals surface area contributed by atoms with Gasteiger partial charge in [0.25, 0.3) is 5.91 Å². The van der Waals surface area contributed by atoms with E-state index in [2.05, 4.69) is 5.32 Å². The molecule has 3 aromatic carbocycles. The Morgan fingerprint density at radius 3 is 2.42 bits per heavy atom. The molecule has 1 aliphatic rings. The molecular weight excluding hydrogens is 428 g/mol. The fraction of sp³-hybridized carbons (Fsp3) is 0.200. The van der Waals surface area contributed by atoms with Crippen molar-refractivity contribution < 1.29 is 9.59 Å². The summed E-state index contributed by atoms with van der Waals surface area (Å²) in [5, 5.41) is 3.65. The number of carbonyl (C=O) groups excluding carboxylic acids is 2. The molecule has 1 saturated heterocycles. The van der Waals surface area contributed by atoms with Crippen LogP contribution in [-0.2, 0) is 11.3 Å². The number of thioether (sulfide) groups is 1. The van der Waals surface area contributed by atoms with Gasteiger partial charge in [0.05, 0.1) is 11.8 Å². The minimum absolute atomic E-state index is 0.0662. The predicted molar refractivity (Wildman–Crippen MR) is 126 cm³/mol. The molecule has 0 aromatic heterocycles. The molecule has 31 heavy (non-hydrogen) atoms. The maximum absolute atomic E-state index is 12.7. The molecule has 4 rings (SSSR count). The highest BCUT2D eigenvalue weighted by atomic mass is 35.5. The molecular formula is C25H23ClN2O2S. The van der Waals surface area contributed by atoms with E-state index in [1.54, 1.807) is 11.8 Å². The summed E-state index contributed by atoms with van der Waals surface area (Å²) in [4.78, 5) is 27.0. The third-order valence-electron chi connectivity index (χ3n) is 5.34. The van der Waals surface area contributed by atoms with Gasteiger partial charge in [0.15, 0.2) is 0 Å². The molecule has 1 N–H and O–H groups in total. The van der Waals surface area contributed by atoms with Gasteiger partial charge < -0.3 is 10.2 Å². The van der Waals surface area contributed by atoms with Crippen molar-refractivity contribution in [2.75, 3.05) is 5.75 Å². The van der Waals surface area contributed by atoms with Gasteiger partial charge in [-0.25, -0.2) is 0 Å². The van der Waals surface area contributed by atoms with E-state index in [-0.39, 0.29) is 23.2 Å². The van der Waals surface area contributed by atoms with Gasteiger partial charge in [-0.1, -0.05) is 66.2 Å². The minimum Gasteiger partial charge on any atom is -0.346 e. The Labute approximate surface area is 191 Å². The first kappa shape index (κ1) is 21.5. The number of nitrogens with one attached hydrogen (secondary N) is 1. The smallest absolute Gasteiger partial charge is 0.251 e. The van der Waals surface area contributed by atoms with Crippen molar-refractivity contribution in [3.8, 4) is 0 Å². The predicted octanol–water partition coefficient (Wildman–Crippen LogP) is 5.61. The molecule has 6 heteroatoms. The molecule has 2 atom stereocenters. The second-order valence-corrected chi connectivity index (χ2v) is 9.04. The molecule has 3 aromatic rings. The lowest BCUT2D eigenvalue weighted by Crippen LogP contribution is -2.28. The van der Waals surface area contributed by atoms with E-state index >= 15 is 0 Å². The summed E-state index contributed by atoms with van der Waals surface area (Å²) in [6, 6.07) is 24.9. The first-order valence-corrected chi connectivity index (χ1v) is 11.6. The van der Waals surface area contributed by atoms with E-state index in [1.807, 2.05) is 90.7 Å². The van der Waals surface area contributed by atoms with Crippen LogP contribution in [0.4, 0.5) is 0 Å². The van der Waals surface area contributed by atoms with Crippen LogP contribution in [0.5, 0.6) is 0 Å². The van der Waals surface area contributed by atoms with Crippen molar-refractivity contribution >= 4 is 35.2 Å². The van der Waals surface area contributed by atoms with Crippen molar-refractivity contribution in [1.29, 1.82) is 0 Å². The van der Waals surface area contributed by atoms with Crippen molar-refractivity contribution in [2.24, 2.45) is 0 Å². The SMILES string of the molecule is C[C@H](NC(=O)c1ccc([C@@H]2SCC(=O)N2Cc2ccc(Cl)cc2)cc1)c1ccccc1. The van der Waals surface area contributed by atoms with Crippen LogP contribution in [0.25, 0.3) is 0 Å². The number of hydrogen-bond donors (Lipinski definition) is 1. The van der Waals surface area contributed by atoms with E-state index in [0.717, 1.165) is 16.7 Å². The molecule has 0 spiro atoms. The summed E-state index contributed by atoms with van der Waals surface area (Å²) >= 11 is 7.58. The zero-order valence-corrected chi connectivity index (χ0v) is 18.7. The molecule has 2 amide bonds. The highest BCUT2D eigenvalue weighted by molar-refractivity contribution is 8.00. The Hall–Kier alpha value is -2.76. The third kappa shape index (κ3) is 5.12. The van der Waals surface area contributed by atoms with Gasteiger partial charge in [-0.15, -0.1) is 11.8 Å². The zero-order valence-electron chi connectivity index (χ0n) is 17.1. The fourth-order valence-corrected chi connectivity index (χ4v) is 4.91. The van der Waals surface area contributed by atoms with Gasteiger partial charge in [-0.05, 0) is 47.9 Å². The van der Waals surface area contributed by atoms with Crippen LogP contribution < -0.4 is 5.32 Å². The van der Waals surface area contributed by atoms with Crippen molar-refractivity contribution in [3.63, 3.8) is 0 Å². The lowest BCUT2D eigenvalue weighted by molar-refractivity contribution is -0.128. The fourth-order valence-electron chi connectivity index (χ4n) is 3.59. The number of benzene rings is 3. The van der Waals surface area contributed by atoms with Crippen molar-refractivity contribution in [1.82, 2.24) is 10.2 Å². The number of halogens is 1. The Morgan fingerprint density at radius 2 is 1.74 bits per heavy atom. The largest absolute Gasteiger partial charge is 0.346 e. The number of hydrogen-bond acceptors (Lipinski definition) is 3. The van der Waals surface area contributed by atoms with Gasteiger partial charge in [-0.2, -0.15) is 0 Å². The molecule has 1 aliphatic heterocycles. The number of nitrogens with zero attached hydrogens (tertiary/aromatic N) is 1. The van der Waals surface area contributed by atoms with E-state index in [4.69, 9.17) is 11.6 Å². The second-order valence-electron chi connectivity index (χ2n) is 7.54. The molecule has 0 saturated carbocycles. The number of rotatable bonds is 6. The van der Waals surface area contributed by atoms with Gasteiger partial charge in [-0.3, -0.25) is 9.59 Å². The minimum atomic E-state index is -0.115. The molecule has 158 valence electrons. The van der Waals surface area contributed by atoms with Crippen LogP contribution in [0.1, 0.15) is 45.4 Å². The highest BCUT2D eigenvalue weighted by Crippen LogP contribution is 2.39. The van der Waals surface area contributed by atoms with E-state index in [1.165, 1.54) is 0 Å². The molecule has 0 aliphatic carbocycles. The van der Waals surface area contributed by atoms with Crippen LogP contribution in [0, 0.1) is 0 Å². The van der Waals surface area contributed by atoms with E-state index in [0.29, 0.717) is 22.9 Å². The third-order valence-corrected chi connectivity index (χ3v) is 6.85. The Morgan fingerprint density at radius 1 is 1.06 bits per heavy atom. The van der Waals surface area contributed by atoms with E-state index in [9.17, 15) is 9.59 Å². The van der Waals surface area contributed by atoms with Crippen LogP contribution in [0.3, 0.4) is 0 Å². The molecule has 1 heterocycles. The first-order chi connectivity index (χ1) is 15.0. The van der Waals surface area contributed by atoms with E-state index < -0.39 is 0 Å². The summed E-state index contributed by atoms with van der Waals surface area (Å²) in [5.41, 5.74) is 3.71. The Kier molecular flexibility index (Phi) is 6.64. The van der Waals surface area contributed by atoms with Crippen LogP contribution in [0.15, 0.2) is 78.9 Å². The molecule has 1 fully saturated rings. The molecule has 0 unspecified atom stereocenters. The van der Waals surface area contributed by atoms with Gasteiger partial charge >= 0.3 is 0 Å². The van der Waals surface area contributed by atoms with Gasteiger partial charge in [0, 0.05) is 17.1 Å². The number of carbonyl (C=O) groups is 2. The standard InChI is InChI=1S/C25H23ClN2O2S/c1-17(19-5-3-2-4-6-19)27-24(30)20-9-11-21(12-10-20)25-28(23(29)16-31-25)15-18-7-13-22(26)14-8-18/h2-14,17,25H,15-16H2,1H3,(H,27,30)/t17-,25-/m0/s1. The average Bonchev–Trinajstić information content (AvgIpc) is 3.16. The maximum atomic E-state index is 12.7. The second kappa shape index (κ2) is 9.58. The topological polar surface area (TPSA) is 49.4 Å². The zero-order chi connectivity index (χ0) is 21.8. The maximum Gasteiger partial charge on any atom is 0.251 e. The van der Waals surface area contributed by atoms with Crippen LogP contribution in [-0.4, -0.2) is 22.5 Å². The van der Waals surface area contributed by atoms with Crippen molar-refractivity contribution in [2.45, 2.75) is 24.9 Å². The van der Waals surface area contributed by atoms with Crippen molar-refractivity contribution in [3.05, 3.63) is 106 Å². The Balaban J connectivity index is 1.44. The van der Waals surface area contributed by atoms with Gasteiger partial charge in [0.2, 0.25) is 5.91 Å². The lowest BCUT2D eigenvalue weighted by Gasteiger charge is -2.24.